The van der Waals surface area contributed by atoms with Crippen LogP contribution in [0.1, 0.15) is 31.4 Å². The smallest absolute Gasteiger partial charge is 0.354 e. The molecule has 1 aliphatic rings. The van der Waals surface area contributed by atoms with E-state index < -0.39 is 17.5 Å². The van der Waals surface area contributed by atoms with Crippen LogP contribution >= 0.6 is 0 Å². The van der Waals surface area contributed by atoms with Crippen LogP contribution in [0.25, 0.3) is 0 Å². The maximum absolute atomic E-state index is 11.9. The molecule has 0 amide bonds. The lowest BCUT2D eigenvalue weighted by Crippen LogP contribution is -2.47. The number of hydrogen-bond acceptors (Lipinski definition) is 5. The fraction of sp³-hybridized carbons (Fsp3) is 0.438. The maximum Gasteiger partial charge on any atom is 0.354 e. The third kappa shape index (κ3) is 2.68. The highest BCUT2D eigenvalue weighted by Gasteiger charge is 2.48. The highest BCUT2D eigenvalue weighted by atomic mass is 16.5. The number of esters is 1. The van der Waals surface area contributed by atoms with Crippen LogP contribution in [-0.2, 0) is 14.3 Å². The summed E-state index contributed by atoms with van der Waals surface area (Å²) in [6.45, 7) is 7.41. The van der Waals surface area contributed by atoms with Crippen LogP contribution in [0.5, 0.6) is 0 Å². The van der Waals surface area contributed by atoms with Gasteiger partial charge in [0.05, 0.1) is 12.3 Å². The first-order valence-electron chi connectivity index (χ1n) is 7.15. The van der Waals surface area contributed by atoms with Gasteiger partial charge in [-0.3, -0.25) is 0 Å². The second kappa shape index (κ2) is 5.79. The molecule has 0 bridgehead atoms. The second-order valence-electron chi connectivity index (χ2n) is 5.60. The molecular weight excluding hydrogens is 284 g/mol. The Bertz CT molecular complexity index is 654. The van der Waals surface area contributed by atoms with E-state index in [1.807, 2.05) is 26.0 Å². The summed E-state index contributed by atoms with van der Waals surface area (Å²) in [7, 11) is 0. The second-order valence-corrected chi connectivity index (χ2v) is 5.60. The van der Waals surface area contributed by atoms with Gasteiger partial charge < -0.3 is 9.84 Å². The van der Waals surface area contributed by atoms with Crippen LogP contribution < -0.4 is 5.01 Å². The quantitative estimate of drug-likeness (QED) is 0.863. The maximum atomic E-state index is 11.9. The number of ether oxygens (including phenoxy) is 1. The number of benzene rings is 1. The van der Waals surface area contributed by atoms with Crippen molar-refractivity contribution in [1.29, 1.82) is 0 Å². The Morgan fingerprint density at radius 1 is 1.36 bits per heavy atom. The van der Waals surface area contributed by atoms with Gasteiger partial charge in [-0.15, -0.1) is 0 Å². The van der Waals surface area contributed by atoms with Gasteiger partial charge in [0.25, 0.3) is 0 Å². The molecule has 1 N–H and O–H groups in total. The fourth-order valence-corrected chi connectivity index (χ4v) is 2.36. The number of aryl methyl sites for hydroxylation is 2. The van der Waals surface area contributed by atoms with Crippen molar-refractivity contribution in [3.05, 3.63) is 29.3 Å². The molecule has 1 aromatic rings. The molecule has 1 atom stereocenters. The van der Waals surface area contributed by atoms with E-state index in [2.05, 4.69) is 5.10 Å². The van der Waals surface area contributed by atoms with Crippen molar-refractivity contribution in [1.82, 2.24) is 0 Å². The molecular formula is C16H20N2O4. The van der Waals surface area contributed by atoms with Crippen LogP contribution in [-0.4, -0.2) is 34.9 Å². The summed E-state index contributed by atoms with van der Waals surface area (Å²) >= 11 is 0. The van der Waals surface area contributed by atoms with Gasteiger partial charge >= 0.3 is 11.9 Å². The van der Waals surface area contributed by atoms with Crippen LogP contribution in [0.4, 0.5) is 5.69 Å². The zero-order valence-corrected chi connectivity index (χ0v) is 13.2. The third-order valence-electron chi connectivity index (χ3n) is 3.91. The Kier molecular flexibility index (Phi) is 4.21. The minimum Gasteiger partial charge on any atom is -0.479 e. The Balaban J connectivity index is 2.45. The average molecular weight is 304 g/mol. The largest absolute Gasteiger partial charge is 0.479 e. The number of carbonyl (C=O) groups is 2. The Labute approximate surface area is 129 Å². The molecule has 1 aliphatic heterocycles. The lowest BCUT2D eigenvalue weighted by Gasteiger charge is -2.30. The number of rotatable bonds is 4. The standard InChI is InChI=1S/C16H20N2O4/c1-5-22-14(19)13-9-16(4,15(20)21)18(17-13)12-7-6-10(2)11(3)8-12/h6-8H,5,9H2,1-4H3,(H,20,21)/t16-/m1/s1. The van der Waals surface area contributed by atoms with E-state index in [0.717, 1.165) is 11.1 Å². The topological polar surface area (TPSA) is 79.2 Å². The molecule has 22 heavy (non-hydrogen) atoms. The normalized spacial score (nSPS) is 20.7. The molecule has 6 heteroatoms. The Hall–Kier alpha value is -2.37. The molecule has 0 radical (unpaired) electrons. The minimum absolute atomic E-state index is 0.00803. The molecule has 6 nitrogen and oxygen atoms in total. The van der Waals surface area contributed by atoms with E-state index in [-0.39, 0.29) is 18.7 Å². The van der Waals surface area contributed by atoms with Crippen molar-refractivity contribution in [2.75, 3.05) is 11.6 Å². The number of aliphatic carboxylic acids is 1. The first-order valence-corrected chi connectivity index (χ1v) is 7.15. The zero-order chi connectivity index (χ0) is 16.5. The van der Waals surface area contributed by atoms with Crippen LogP contribution in [0.2, 0.25) is 0 Å². The van der Waals surface area contributed by atoms with Crippen molar-refractivity contribution in [2.24, 2.45) is 5.10 Å². The lowest BCUT2D eigenvalue weighted by molar-refractivity contribution is -0.142. The van der Waals surface area contributed by atoms with E-state index in [0.29, 0.717) is 5.69 Å². The summed E-state index contributed by atoms with van der Waals surface area (Å²) in [5.41, 5.74) is 1.61. The summed E-state index contributed by atoms with van der Waals surface area (Å²) in [6.07, 6.45) is 0.00803. The highest BCUT2D eigenvalue weighted by Crippen LogP contribution is 2.34. The van der Waals surface area contributed by atoms with Crippen molar-refractivity contribution in [3.63, 3.8) is 0 Å². The summed E-state index contributed by atoms with van der Waals surface area (Å²) in [6, 6.07) is 5.58. The van der Waals surface area contributed by atoms with Crippen molar-refractivity contribution >= 4 is 23.3 Å². The van der Waals surface area contributed by atoms with Crippen molar-refractivity contribution in [3.8, 4) is 0 Å². The predicted octanol–water partition coefficient (Wildman–Crippen LogP) is 2.28. The SMILES string of the molecule is CCOC(=O)C1=NN(c2ccc(C)c(C)c2)[C@@](C)(C(=O)O)C1. The third-order valence-corrected chi connectivity index (χ3v) is 3.91. The van der Waals surface area contributed by atoms with Gasteiger partial charge in [0, 0.05) is 6.42 Å². The van der Waals surface area contributed by atoms with Crippen molar-refractivity contribution in [2.45, 2.75) is 39.7 Å². The zero-order valence-electron chi connectivity index (χ0n) is 13.2. The van der Waals surface area contributed by atoms with Gasteiger partial charge in [0.15, 0.2) is 5.54 Å². The number of carbonyl (C=O) groups excluding carboxylic acids is 1. The van der Waals surface area contributed by atoms with Gasteiger partial charge in [-0.1, -0.05) is 6.07 Å². The first kappa shape index (κ1) is 16.0. The molecule has 1 heterocycles. The van der Waals surface area contributed by atoms with E-state index in [9.17, 15) is 14.7 Å². The molecule has 0 spiro atoms. The van der Waals surface area contributed by atoms with E-state index >= 15 is 0 Å². The van der Waals surface area contributed by atoms with Gasteiger partial charge in [-0.05, 0) is 51.0 Å². The summed E-state index contributed by atoms with van der Waals surface area (Å²) in [4.78, 5) is 23.6. The molecule has 0 aromatic heterocycles. The fourth-order valence-electron chi connectivity index (χ4n) is 2.36. The molecule has 0 fully saturated rings. The Morgan fingerprint density at radius 3 is 2.59 bits per heavy atom. The number of nitrogens with zero attached hydrogens (tertiary/aromatic N) is 2. The highest BCUT2D eigenvalue weighted by molar-refractivity contribution is 6.38. The number of carboxylic acids is 1. The molecule has 2 rings (SSSR count). The van der Waals surface area contributed by atoms with Gasteiger partial charge in [-0.2, -0.15) is 5.10 Å². The van der Waals surface area contributed by atoms with Crippen molar-refractivity contribution < 1.29 is 19.4 Å². The number of anilines is 1. The van der Waals surface area contributed by atoms with Crippen LogP contribution in [0, 0.1) is 13.8 Å². The lowest BCUT2D eigenvalue weighted by atomic mass is 9.95. The monoisotopic (exact) mass is 304 g/mol. The van der Waals surface area contributed by atoms with Gasteiger partial charge in [-0.25, -0.2) is 14.6 Å². The molecule has 0 aliphatic carbocycles. The molecule has 0 unspecified atom stereocenters. The first-order chi connectivity index (χ1) is 10.3. The predicted molar refractivity (Wildman–Crippen MR) is 83.1 cm³/mol. The summed E-state index contributed by atoms with van der Waals surface area (Å²) < 4.78 is 4.94. The van der Waals surface area contributed by atoms with E-state index in [1.54, 1.807) is 19.9 Å². The van der Waals surface area contributed by atoms with Gasteiger partial charge in [0.1, 0.15) is 5.71 Å². The summed E-state index contributed by atoms with van der Waals surface area (Å²) in [5, 5.41) is 15.2. The molecule has 0 saturated heterocycles. The average Bonchev–Trinajstić information content (AvgIpc) is 2.82. The number of hydrogen-bond donors (Lipinski definition) is 1. The molecule has 1 aromatic carbocycles. The number of hydrazone groups is 1. The Morgan fingerprint density at radius 2 is 2.05 bits per heavy atom. The molecule has 118 valence electrons. The van der Waals surface area contributed by atoms with Gasteiger partial charge in [0.2, 0.25) is 0 Å². The number of carboxylic acid groups (broad SMARTS) is 1. The molecule has 0 saturated carbocycles. The van der Waals surface area contributed by atoms with Crippen LogP contribution in [0.3, 0.4) is 0 Å². The van der Waals surface area contributed by atoms with Crippen LogP contribution in [0.15, 0.2) is 23.3 Å². The minimum atomic E-state index is -1.30. The summed E-state index contributed by atoms with van der Waals surface area (Å²) in [5.74, 6) is -1.60. The van der Waals surface area contributed by atoms with E-state index in [4.69, 9.17) is 4.74 Å². The van der Waals surface area contributed by atoms with E-state index in [1.165, 1.54) is 5.01 Å².